The van der Waals surface area contributed by atoms with E-state index in [2.05, 4.69) is 59.8 Å². The van der Waals surface area contributed by atoms with Gasteiger partial charge < -0.3 is 10.6 Å². The first-order valence-corrected chi connectivity index (χ1v) is 7.12. The number of nitrogens with one attached hydrogen (secondary N) is 2. The van der Waals surface area contributed by atoms with Crippen LogP contribution in [0.3, 0.4) is 0 Å². The highest BCUT2D eigenvalue weighted by molar-refractivity contribution is 5.79. The fourth-order valence-corrected chi connectivity index (χ4v) is 2.08. The Hall–Kier alpha value is -1.51. The molecule has 0 radical (unpaired) electrons. The van der Waals surface area contributed by atoms with Gasteiger partial charge >= 0.3 is 0 Å². The Morgan fingerprint density at radius 1 is 1.21 bits per heavy atom. The first kappa shape index (κ1) is 13.9. The molecule has 1 saturated carbocycles. The van der Waals surface area contributed by atoms with Gasteiger partial charge in [-0.2, -0.15) is 0 Å². The molecule has 3 nitrogen and oxygen atoms in total. The summed E-state index contributed by atoms with van der Waals surface area (Å²) in [7, 11) is 1.83. The van der Waals surface area contributed by atoms with E-state index in [9.17, 15) is 0 Å². The lowest BCUT2D eigenvalue weighted by Gasteiger charge is -2.26. The average molecular weight is 259 g/mol. The largest absolute Gasteiger partial charge is 0.356 e. The number of hydrogen-bond donors (Lipinski definition) is 2. The lowest BCUT2D eigenvalue weighted by molar-refractivity contribution is 0.508. The van der Waals surface area contributed by atoms with Crippen molar-refractivity contribution in [2.75, 3.05) is 20.1 Å². The van der Waals surface area contributed by atoms with E-state index < -0.39 is 0 Å². The molecule has 0 amide bonds. The smallest absolute Gasteiger partial charge is 0.191 e. The molecule has 19 heavy (non-hydrogen) atoms. The maximum atomic E-state index is 4.28. The molecule has 104 valence electrons. The van der Waals surface area contributed by atoms with E-state index in [1.54, 1.807) is 0 Å². The molecular weight excluding hydrogens is 234 g/mol. The number of benzene rings is 1. The van der Waals surface area contributed by atoms with Gasteiger partial charge in [0.2, 0.25) is 0 Å². The van der Waals surface area contributed by atoms with Crippen LogP contribution in [0.25, 0.3) is 0 Å². The lowest BCUT2D eigenvalue weighted by atomic mass is 9.85. The Morgan fingerprint density at radius 2 is 1.89 bits per heavy atom. The van der Waals surface area contributed by atoms with E-state index in [1.807, 2.05) is 7.05 Å². The van der Waals surface area contributed by atoms with Crippen LogP contribution in [0.5, 0.6) is 0 Å². The standard InChI is InChI=1S/C16H25N3/c1-16(2,14-7-5-4-6-8-14)12-19-15(17-3)18-11-13-9-10-13/h4-8,13H,9-12H2,1-3H3,(H2,17,18,19). The topological polar surface area (TPSA) is 36.4 Å². The van der Waals surface area contributed by atoms with Crippen LogP contribution in [0, 0.1) is 5.92 Å². The predicted molar refractivity (Wildman–Crippen MR) is 81.6 cm³/mol. The highest BCUT2D eigenvalue weighted by atomic mass is 15.2. The number of rotatable bonds is 5. The summed E-state index contributed by atoms with van der Waals surface area (Å²) in [6.45, 7) is 6.43. The van der Waals surface area contributed by atoms with Gasteiger partial charge in [-0.1, -0.05) is 44.2 Å². The quantitative estimate of drug-likeness (QED) is 0.630. The number of guanidine groups is 1. The van der Waals surface area contributed by atoms with Gasteiger partial charge in [-0.05, 0) is 24.3 Å². The zero-order chi connectivity index (χ0) is 13.7. The van der Waals surface area contributed by atoms with Crippen molar-refractivity contribution in [1.82, 2.24) is 10.6 Å². The molecule has 1 aromatic carbocycles. The molecule has 2 rings (SSSR count). The molecule has 0 saturated heterocycles. The summed E-state index contributed by atoms with van der Waals surface area (Å²) in [5.41, 5.74) is 1.44. The molecule has 0 atom stereocenters. The molecule has 0 unspecified atom stereocenters. The number of nitrogens with zero attached hydrogens (tertiary/aromatic N) is 1. The van der Waals surface area contributed by atoms with Crippen LogP contribution in [0.4, 0.5) is 0 Å². The van der Waals surface area contributed by atoms with Crippen LogP contribution in [-0.4, -0.2) is 26.1 Å². The molecule has 0 aliphatic heterocycles. The normalized spacial score (nSPS) is 16.3. The van der Waals surface area contributed by atoms with E-state index in [-0.39, 0.29) is 5.41 Å². The minimum absolute atomic E-state index is 0.0957. The van der Waals surface area contributed by atoms with Gasteiger partial charge in [0.05, 0.1) is 0 Å². The molecule has 2 N–H and O–H groups in total. The number of aliphatic imine (C=N–C) groups is 1. The summed E-state index contributed by atoms with van der Waals surface area (Å²) in [5, 5.41) is 6.82. The van der Waals surface area contributed by atoms with Gasteiger partial charge in [-0.3, -0.25) is 4.99 Å². The molecule has 0 heterocycles. The van der Waals surface area contributed by atoms with Crippen molar-refractivity contribution in [3.8, 4) is 0 Å². The third kappa shape index (κ3) is 4.27. The Bertz CT molecular complexity index is 419. The van der Waals surface area contributed by atoms with Gasteiger partial charge in [0, 0.05) is 25.6 Å². The van der Waals surface area contributed by atoms with Crippen LogP contribution in [0.1, 0.15) is 32.3 Å². The van der Waals surface area contributed by atoms with Crippen molar-refractivity contribution < 1.29 is 0 Å². The molecule has 1 fully saturated rings. The van der Waals surface area contributed by atoms with E-state index in [0.29, 0.717) is 0 Å². The molecule has 3 heteroatoms. The SMILES string of the molecule is CN=C(NCC1CC1)NCC(C)(C)c1ccccc1. The average Bonchev–Trinajstić information content (AvgIpc) is 3.24. The molecule has 0 spiro atoms. The summed E-state index contributed by atoms with van der Waals surface area (Å²) in [4.78, 5) is 4.28. The van der Waals surface area contributed by atoms with Crippen LogP contribution in [-0.2, 0) is 5.41 Å². The molecule has 0 bridgehead atoms. The van der Waals surface area contributed by atoms with Gasteiger partial charge in [0.15, 0.2) is 5.96 Å². The second kappa shape index (κ2) is 6.09. The zero-order valence-electron chi connectivity index (χ0n) is 12.2. The van der Waals surface area contributed by atoms with Gasteiger partial charge in [0.1, 0.15) is 0 Å². The van der Waals surface area contributed by atoms with Crippen molar-refractivity contribution >= 4 is 5.96 Å². The second-order valence-electron chi connectivity index (χ2n) is 6.00. The van der Waals surface area contributed by atoms with Gasteiger partial charge in [-0.25, -0.2) is 0 Å². The first-order chi connectivity index (χ1) is 9.12. The van der Waals surface area contributed by atoms with Crippen LogP contribution in [0.2, 0.25) is 0 Å². The Kier molecular flexibility index (Phi) is 4.46. The Balaban J connectivity index is 1.85. The minimum atomic E-state index is 0.0957. The summed E-state index contributed by atoms with van der Waals surface area (Å²) in [6, 6.07) is 10.6. The highest BCUT2D eigenvalue weighted by Crippen LogP contribution is 2.27. The van der Waals surface area contributed by atoms with Gasteiger partial charge in [0.25, 0.3) is 0 Å². The maximum Gasteiger partial charge on any atom is 0.191 e. The van der Waals surface area contributed by atoms with E-state index in [0.717, 1.165) is 25.0 Å². The minimum Gasteiger partial charge on any atom is -0.356 e. The maximum absolute atomic E-state index is 4.28. The zero-order valence-corrected chi connectivity index (χ0v) is 12.2. The van der Waals surface area contributed by atoms with Crippen molar-refractivity contribution in [2.24, 2.45) is 10.9 Å². The van der Waals surface area contributed by atoms with E-state index in [4.69, 9.17) is 0 Å². The summed E-state index contributed by atoms with van der Waals surface area (Å²) < 4.78 is 0. The van der Waals surface area contributed by atoms with Gasteiger partial charge in [-0.15, -0.1) is 0 Å². The molecule has 0 aromatic heterocycles. The van der Waals surface area contributed by atoms with Crippen molar-refractivity contribution in [3.05, 3.63) is 35.9 Å². The Morgan fingerprint density at radius 3 is 2.47 bits per heavy atom. The fourth-order valence-electron chi connectivity index (χ4n) is 2.08. The van der Waals surface area contributed by atoms with E-state index >= 15 is 0 Å². The van der Waals surface area contributed by atoms with Crippen molar-refractivity contribution in [3.63, 3.8) is 0 Å². The van der Waals surface area contributed by atoms with Crippen molar-refractivity contribution in [1.29, 1.82) is 0 Å². The number of hydrogen-bond acceptors (Lipinski definition) is 1. The summed E-state index contributed by atoms with van der Waals surface area (Å²) in [5.74, 6) is 1.77. The van der Waals surface area contributed by atoms with Crippen LogP contribution in [0.15, 0.2) is 35.3 Å². The lowest BCUT2D eigenvalue weighted by Crippen LogP contribution is -2.44. The van der Waals surface area contributed by atoms with Crippen molar-refractivity contribution in [2.45, 2.75) is 32.1 Å². The van der Waals surface area contributed by atoms with Crippen LogP contribution < -0.4 is 10.6 Å². The summed E-state index contributed by atoms with van der Waals surface area (Å²) >= 11 is 0. The second-order valence-corrected chi connectivity index (χ2v) is 6.00. The summed E-state index contributed by atoms with van der Waals surface area (Å²) in [6.07, 6.45) is 2.72. The molecular formula is C16H25N3. The predicted octanol–water partition coefficient (Wildman–Crippen LogP) is 2.54. The first-order valence-electron chi connectivity index (χ1n) is 7.12. The Labute approximate surface area is 116 Å². The monoisotopic (exact) mass is 259 g/mol. The third-order valence-electron chi connectivity index (χ3n) is 3.73. The molecule has 1 aromatic rings. The molecule has 1 aliphatic rings. The fraction of sp³-hybridized carbons (Fsp3) is 0.562. The third-order valence-corrected chi connectivity index (χ3v) is 3.73. The highest BCUT2D eigenvalue weighted by Gasteiger charge is 2.23. The van der Waals surface area contributed by atoms with Crippen LogP contribution >= 0.6 is 0 Å². The van der Waals surface area contributed by atoms with E-state index in [1.165, 1.54) is 18.4 Å². The molecule has 1 aliphatic carbocycles.